The molecule has 0 heterocycles. The summed E-state index contributed by atoms with van der Waals surface area (Å²) >= 11 is 0. The van der Waals surface area contributed by atoms with E-state index in [0.29, 0.717) is 0 Å². The van der Waals surface area contributed by atoms with Crippen molar-refractivity contribution in [3.05, 3.63) is 0 Å². The topological polar surface area (TPSA) is 226 Å². The average molecular weight is 390 g/mol. The highest BCUT2D eigenvalue weighted by Gasteiger charge is 2.30. The Bertz CT molecular complexity index is 298. The number of rotatable bonds is 12. The Morgan fingerprint density at radius 3 is 0.923 bits per heavy atom. The Balaban J connectivity index is 0. The highest BCUT2D eigenvalue weighted by Crippen LogP contribution is 2.04. The van der Waals surface area contributed by atoms with Crippen LogP contribution in [0.2, 0.25) is 0 Å². The van der Waals surface area contributed by atoms with Gasteiger partial charge < -0.3 is 61.7 Å². The van der Waals surface area contributed by atoms with Gasteiger partial charge in [-0.2, -0.15) is 0 Å². The summed E-state index contributed by atoms with van der Waals surface area (Å²) < 4.78 is 0. The summed E-state index contributed by atoms with van der Waals surface area (Å²) in [6.45, 7) is -1.14. The summed E-state index contributed by atoms with van der Waals surface area (Å²) in [5.41, 5.74) is 0. The smallest absolute Gasteiger partial charge is 0.111 e. The number of likely N-dealkylation sites (N-methyl/N-ethyl adjacent to an activating group) is 2. The maximum atomic E-state index is 9.21. The SMILES string of the molecule is CNC[C@@H](O)[C@@H](O)[C@H](O)[C@H](O)CO.CNC[C@H](O)[C@@H](O)[C@H](O)[C@H](O)CO. The summed E-state index contributed by atoms with van der Waals surface area (Å²) in [5, 5.41) is 95.0. The zero-order valence-corrected chi connectivity index (χ0v) is 14.9. The lowest BCUT2D eigenvalue weighted by molar-refractivity contribution is -0.113. The molecule has 0 amide bonds. The number of nitrogens with one attached hydrogen (secondary N) is 2. The number of hydrogen-bond donors (Lipinski definition) is 12. The van der Waals surface area contributed by atoms with Gasteiger partial charge in [-0.05, 0) is 14.1 Å². The Kier molecular flexibility index (Phi) is 16.6. The van der Waals surface area contributed by atoms with E-state index in [1.807, 2.05) is 0 Å². The van der Waals surface area contributed by atoms with Crippen LogP contribution in [0.15, 0.2) is 0 Å². The molecule has 8 atom stereocenters. The number of aliphatic hydroxyl groups excluding tert-OH is 10. The summed E-state index contributed by atoms with van der Waals surface area (Å²) in [7, 11) is 3.15. The maximum Gasteiger partial charge on any atom is 0.111 e. The molecule has 0 aliphatic heterocycles. The second-order valence-corrected chi connectivity index (χ2v) is 5.71. The van der Waals surface area contributed by atoms with Gasteiger partial charge in [0.2, 0.25) is 0 Å². The highest BCUT2D eigenvalue weighted by atomic mass is 16.4. The van der Waals surface area contributed by atoms with Gasteiger partial charge in [-0.25, -0.2) is 0 Å². The first kappa shape index (κ1) is 27.7. The van der Waals surface area contributed by atoms with Gasteiger partial charge in [-0.3, -0.25) is 0 Å². The van der Waals surface area contributed by atoms with E-state index in [9.17, 15) is 10.2 Å². The molecule has 0 aromatic carbocycles. The first-order chi connectivity index (χ1) is 12.1. The molecule has 12 N–H and O–H groups in total. The van der Waals surface area contributed by atoms with Crippen LogP contribution in [0, 0.1) is 0 Å². The molecular formula is C14H34N2O10. The molecule has 0 saturated carbocycles. The van der Waals surface area contributed by atoms with Gasteiger partial charge in [0.05, 0.1) is 25.4 Å². The standard InChI is InChI=1S/2C7H17NO5/c2*1-8-2-4(10)6(12)7(13)5(11)3-9/h2*4-13H,2-3H2,1H3/t4-,5+,6+,7+;4-,5-,6-,7-/m01/s1. The fraction of sp³-hybridized carbons (Fsp3) is 1.00. The van der Waals surface area contributed by atoms with Gasteiger partial charge >= 0.3 is 0 Å². The molecular weight excluding hydrogens is 356 g/mol. The third kappa shape index (κ3) is 10.6. The van der Waals surface area contributed by atoms with E-state index >= 15 is 0 Å². The van der Waals surface area contributed by atoms with E-state index in [1.54, 1.807) is 14.1 Å². The molecule has 0 aromatic heterocycles. The van der Waals surface area contributed by atoms with Crippen molar-refractivity contribution in [2.75, 3.05) is 40.4 Å². The van der Waals surface area contributed by atoms with Crippen LogP contribution < -0.4 is 10.6 Å². The Morgan fingerprint density at radius 2 is 0.731 bits per heavy atom. The van der Waals surface area contributed by atoms with Crippen molar-refractivity contribution < 1.29 is 51.1 Å². The van der Waals surface area contributed by atoms with Crippen LogP contribution in [0.5, 0.6) is 0 Å². The van der Waals surface area contributed by atoms with Gasteiger partial charge in [0.15, 0.2) is 0 Å². The van der Waals surface area contributed by atoms with Crippen molar-refractivity contribution in [2.45, 2.75) is 48.8 Å². The minimum Gasteiger partial charge on any atom is -0.394 e. The molecule has 0 saturated heterocycles. The Labute approximate surface area is 152 Å². The van der Waals surface area contributed by atoms with E-state index in [4.69, 9.17) is 40.9 Å². The van der Waals surface area contributed by atoms with E-state index in [0.717, 1.165) is 0 Å². The number of hydrogen-bond acceptors (Lipinski definition) is 12. The quantitative estimate of drug-likeness (QED) is 0.149. The van der Waals surface area contributed by atoms with Crippen LogP contribution in [0.1, 0.15) is 0 Å². The van der Waals surface area contributed by atoms with Crippen LogP contribution in [-0.2, 0) is 0 Å². The van der Waals surface area contributed by atoms with Crippen molar-refractivity contribution in [3.8, 4) is 0 Å². The molecule has 0 bridgehead atoms. The van der Waals surface area contributed by atoms with E-state index in [2.05, 4.69) is 10.6 Å². The third-order valence-electron chi connectivity index (χ3n) is 3.48. The first-order valence-electron chi connectivity index (χ1n) is 8.04. The van der Waals surface area contributed by atoms with Crippen LogP contribution in [0.3, 0.4) is 0 Å². The van der Waals surface area contributed by atoms with Crippen molar-refractivity contribution in [1.29, 1.82) is 0 Å². The van der Waals surface area contributed by atoms with Crippen molar-refractivity contribution in [3.63, 3.8) is 0 Å². The van der Waals surface area contributed by atoms with Gasteiger partial charge in [0.25, 0.3) is 0 Å². The molecule has 12 heteroatoms. The third-order valence-corrected chi connectivity index (χ3v) is 3.48. The van der Waals surface area contributed by atoms with Gasteiger partial charge in [-0.15, -0.1) is 0 Å². The highest BCUT2D eigenvalue weighted by molar-refractivity contribution is 4.82. The minimum absolute atomic E-state index is 0.0936. The monoisotopic (exact) mass is 390 g/mol. The molecule has 0 rings (SSSR count). The largest absolute Gasteiger partial charge is 0.394 e. The normalized spacial score (nSPS) is 20.8. The second kappa shape index (κ2) is 15.6. The number of aliphatic hydroxyl groups is 10. The van der Waals surface area contributed by atoms with E-state index in [1.165, 1.54) is 0 Å². The average Bonchev–Trinajstić information content (AvgIpc) is 2.64. The van der Waals surface area contributed by atoms with Crippen LogP contribution in [0.25, 0.3) is 0 Å². The van der Waals surface area contributed by atoms with Crippen LogP contribution >= 0.6 is 0 Å². The van der Waals surface area contributed by atoms with Gasteiger partial charge in [0.1, 0.15) is 36.6 Å². The summed E-state index contributed by atoms with van der Waals surface area (Å²) in [6, 6.07) is 0. The molecule has 26 heavy (non-hydrogen) atoms. The van der Waals surface area contributed by atoms with Crippen molar-refractivity contribution in [2.24, 2.45) is 0 Å². The van der Waals surface area contributed by atoms with Gasteiger partial charge in [0, 0.05) is 13.1 Å². The van der Waals surface area contributed by atoms with Crippen LogP contribution in [0.4, 0.5) is 0 Å². The zero-order valence-electron chi connectivity index (χ0n) is 14.9. The molecule has 0 aliphatic carbocycles. The molecule has 0 fully saturated rings. The lowest BCUT2D eigenvalue weighted by Gasteiger charge is -2.25. The summed E-state index contributed by atoms with van der Waals surface area (Å²) in [6.07, 6.45) is -11.3. The molecule has 0 aromatic rings. The Hall–Kier alpha value is -0.480. The second-order valence-electron chi connectivity index (χ2n) is 5.71. The zero-order chi connectivity index (χ0) is 20.9. The van der Waals surface area contributed by atoms with Crippen molar-refractivity contribution in [1.82, 2.24) is 10.6 Å². The predicted octanol–water partition coefficient (Wildman–Crippen LogP) is -6.72. The van der Waals surface area contributed by atoms with Crippen molar-refractivity contribution >= 4 is 0 Å². The molecule has 12 nitrogen and oxygen atoms in total. The Morgan fingerprint density at radius 1 is 0.500 bits per heavy atom. The van der Waals surface area contributed by atoms with Crippen LogP contribution in [-0.4, -0.2) is 140 Å². The lowest BCUT2D eigenvalue weighted by Crippen LogP contribution is -2.48. The lowest BCUT2D eigenvalue weighted by atomic mass is 10.0. The summed E-state index contributed by atoms with van der Waals surface area (Å²) in [4.78, 5) is 0. The first-order valence-corrected chi connectivity index (χ1v) is 8.04. The van der Waals surface area contributed by atoms with E-state index in [-0.39, 0.29) is 13.1 Å². The molecule has 0 spiro atoms. The minimum atomic E-state index is -1.55. The molecule has 0 unspecified atom stereocenters. The fourth-order valence-corrected chi connectivity index (χ4v) is 1.79. The predicted molar refractivity (Wildman–Crippen MR) is 90.1 cm³/mol. The molecule has 0 radical (unpaired) electrons. The molecule has 160 valence electrons. The maximum absolute atomic E-state index is 9.21. The van der Waals surface area contributed by atoms with Gasteiger partial charge in [-0.1, -0.05) is 0 Å². The summed E-state index contributed by atoms with van der Waals surface area (Å²) in [5.74, 6) is 0. The molecule has 0 aliphatic rings. The fourth-order valence-electron chi connectivity index (χ4n) is 1.79. The van der Waals surface area contributed by atoms with E-state index < -0.39 is 62.0 Å².